The Morgan fingerprint density at radius 2 is 2.07 bits per heavy atom. The van der Waals surface area contributed by atoms with Crippen molar-refractivity contribution in [1.82, 2.24) is 25.0 Å². The Labute approximate surface area is 175 Å². The minimum Gasteiger partial charge on any atom is -0.347 e. The first kappa shape index (κ1) is 19.3. The Morgan fingerprint density at radius 3 is 2.97 bits per heavy atom. The summed E-state index contributed by atoms with van der Waals surface area (Å²) < 4.78 is 0. The number of hydrogen-bond acceptors (Lipinski definition) is 6. The third-order valence-corrected chi connectivity index (χ3v) is 6.96. The Balaban J connectivity index is 1.24. The van der Waals surface area contributed by atoms with E-state index in [2.05, 4.69) is 20.5 Å². The monoisotopic (exact) mass is 412 g/mol. The summed E-state index contributed by atoms with van der Waals surface area (Å²) in [4.78, 5) is 48.6. The summed E-state index contributed by atoms with van der Waals surface area (Å²) in [5.74, 6) is 0.358. The van der Waals surface area contributed by atoms with Gasteiger partial charge in [0.05, 0.1) is 12.1 Å². The van der Waals surface area contributed by atoms with Crippen molar-refractivity contribution in [2.45, 2.75) is 43.8 Å². The fraction of sp³-hybridized carbons (Fsp3) is 0.619. The van der Waals surface area contributed by atoms with Gasteiger partial charge in [0.2, 0.25) is 11.8 Å². The molecule has 4 aliphatic rings. The van der Waals surface area contributed by atoms with Crippen molar-refractivity contribution in [3.8, 4) is 0 Å². The van der Waals surface area contributed by atoms with E-state index >= 15 is 0 Å². The second kappa shape index (κ2) is 7.54. The maximum atomic E-state index is 12.9. The van der Waals surface area contributed by atoms with Crippen LogP contribution in [0.3, 0.4) is 0 Å². The van der Waals surface area contributed by atoms with Gasteiger partial charge in [-0.1, -0.05) is 0 Å². The van der Waals surface area contributed by atoms with Crippen LogP contribution in [0, 0.1) is 0 Å². The van der Waals surface area contributed by atoms with Crippen LogP contribution >= 0.6 is 0 Å². The maximum absolute atomic E-state index is 12.9. The number of pyridine rings is 1. The first-order chi connectivity index (χ1) is 14.5. The van der Waals surface area contributed by atoms with Crippen molar-refractivity contribution in [3.63, 3.8) is 0 Å². The Kier molecular flexibility index (Phi) is 4.85. The molecular weight excluding hydrogens is 384 g/mol. The molecule has 30 heavy (non-hydrogen) atoms. The molecule has 160 valence electrons. The highest BCUT2D eigenvalue weighted by Crippen LogP contribution is 2.30. The third-order valence-electron chi connectivity index (χ3n) is 6.96. The van der Waals surface area contributed by atoms with Gasteiger partial charge in [-0.3, -0.25) is 19.3 Å². The van der Waals surface area contributed by atoms with Gasteiger partial charge < -0.3 is 20.4 Å². The smallest absolute Gasteiger partial charge is 0.256 e. The summed E-state index contributed by atoms with van der Waals surface area (Å²) in [5.41, 5.74) is -0.196. The molecule has 3 saturated heterocycles. The van der Waals surface area contributed by atoms with Crippen LogP contribution in [-0.4, -0.2) is 88.4 Å². The van der Waals surface area contributed by atoms with Crippen molar-refractivity contribution < 1.29 is 14.4 Å². The van der Waals surface area contributed by atoms with Crippen molar-refractivity contribution >= 4 is 23.5 Å². The van der Waals surface area contributed by atoms with Crippen LogP contribution in [0.5, 0.6) is 0 Å². The van der Waals surface area contributed by atoms with Crippen molar-refractivity contribution in [2.75, 3.05) is 44.6 Å². The summed E-state index contributed by atoms with van der Waals surface area (Å²) in [5, 5.41) is 6.38. The number of piperazine rings is 1. The molecule has 5 heterocycles. The van der Waals surface area contributed by atoms with Crippen LogP contribution < -0.4 is 10.6 Å². The number of rotatable bonds is 2. The van der Waals surface area contributed by atoms with Gasteiger partial charge in [0, 0.05) is 51.3 Å². The van der Waals surface area contributed by atoms with Crippen LogP contribution in [-0.2, 0) is 9.59 Å². The number of amides is 3. The molecule has 3 amide bonds. The fourth-order valence-corrected chi connectivity index (χ4v) is 5.18. The molecule has 4 aliphatic heterocycles. The Morgan fingerprint density at radius 1 is 1.17 bits per heavy atom. The second-order valence-corrected chi connectivity index (χ2v) is 8.80. The second-order valence-electron chi connectivity index (χ2n) is 8.80. The highest BCUT2D eigenvalue weighted by Gasteiger charge is 2.41. The van der Waals surface area contributed by atoms with Gasteiger partial charge in [0.1, 0.15) is 11.5 Å². The van der Waals surface area contributed by atoms with Crippen LogP contribution in [0.1, 0.15) is 42.5 Å². The molecule has 9 heteroatoms. The van der Waals surface area contributed by atoms with Crippen LogP contribution in [0.25, 0.3) is 0 Å². The van der Waals surface area contributed by atoms with E-state index in [9.17, 15) is 14.4 Å². The van der Waals surface area contributed by atoms with Crippen molar-refractivity contribution in [3.05, 3.63) is 23.9 Å². The van der Waals surface area contributed by atoms with Gasteiger partial charge in [-0.25, -0.2) is 4.98 Å². The number of aromatic nitrogens is 1. The van der Waals surface area contributed by atoms with E-state index in [1.54, 1.807) is 23.2 Å². The number of hydrogen-bond donors (Lipinski definition) is 2. The molecule has 2 atom stereocenters. The molecule has 0 saturated carbocycles. The molecule has 1 spiro atoms. The number of carbonyl (C=O) groups is 3. The average Bonchev–Trinajstić information content (AvgIpc) is 3.17. The quantitative estimate of drug-likeness (QED) is 0.723. The van der Waals surface area contributed by atoms with E-state index in [4.69, 9.17) is 0 Å². The van der Waals surface area contributed by atoms with Gasteiger partial charge in [0.25, 0.3) is 5.91 Å². The van der Waals surface area contributed by atoms with Crippen LogP contribution in [0.4, 0.5) is 5.82 Å². The minimum absolute atomic E-state index is 0.0264. The van der Waals surface area contributed by atoms with E-state index in [1.165, 1.54) is 6.42 Å². The highest BCUT2D eigenvalue weighted by molar-refractivity contribution is 6.01. The number of nitrogens with zero attached hydrogens (tertiary/aromatic N) is 4. The predicted molar refractivity (Wildman–Crippen MR) is 110 cm³/mol. The lowest BCUT2D eigenvalue weighted by Gasteiger charge is -2.39. The van der Waals surface area contributed by atoms with Gasteiger partial charge >= 0.3 is 0 Å². The summed E-state index contributed by atoms with van der Waals surface area (Å²) in [6, 6.07) is 3.93. The fourth-order valence-electron chi connectivity index (χ4n) is 5.18. The Hall–Kier alpha value is -2.68. The van der Waals surface area contributed by atoms with Crippen LogP contribution in [0.15, 0.2) is 18.3 Å². The molecule has 0 radical (unpaired) electrons. The molecule has 1 aromatic rings. The molecular formula is C21H28N6O3. The molecule has 0 aliphatic carbocycles. The number of likely N-dealkylation sites (tertiary alicyclic amines) is 1. The molecule has 5 rings (SSSR count). The third kappa shape index (κ3) is 3.51. The highest BCUT2D eigenvalue weighted by atomic mass is 16.2. The zero-order chi connectivity index (χ0) is 20.7. The maximum Gasteiger partial charge on any atom is 0.256 e. The summed E-state index contributed by atoms with van der Waals surface area (Å²) >= 11 is 0. The van der Waals surface area contributed by atoms with E-state index in [1.807, 2.05) is 4.90 Å². The zero-order valence-corrected chi connectivity index (χ0v) is 17.1. The van der Waals surface area contributed by atoms with E-state index in [0.29, 0.717) is 36.8 Å². The Bertz CT molecular complexity index is 876. The molecule has 2 unspecified atom stereocenters. The van der Waals surface area contributed by atoms with Gasteiger partial charge in [0.15, 0.2) is 0 Å². The number of carbonyl (C=O) groups excluding carboxylic acids is 3. The van der Waals surface area contributed by atoms with Gasteiger partial charge in [-0.15, -0.1) is 0 Å². The lowest BCUT2D eigenvalue weighted by Crippen LogP contribution is -2.58. The van der Waals surface area contributed by atoms with Crippen molar-refractivity contribution in [1.29, 1.82) is 0 Å². The van der Waals surface area contributed by atoms with E-state index in [-0.39, 0.29) is 30.7 Å². The predicted octanol–water partition coefficient (Wildman–Crippen LogP) is 0.252. The molecule has 1 aromatic heterocycles. The molecule has 0 aromatic carbocycles. The summed E-state index contributed by atoms with van der Waals surface area (Å²) in [6.07, 6.45) is 5.28. The van der Waals surface area contributed by atoms with Crippen LogP contribution in [0.2, 0.25) is 0 Å². The lowest BCUT2D eigenvalue weighted by molar-refractivity contribution is -0.141. The van der Waals surface area contributed by atoms with E-state index in [0.717, 1.165) is 32.6 Å². The molecule has 0 bridgehead atoms. The normalized spacial score (nSPS) is 29.1. The standard InChI is InChI=1S/C21H28N6O3/c28-17-5-6-21(23-19-16(20(30)24-21)4-1-8-22-19)7-10-26(17)14-18(29)27-12-11-25-9-2-3-15(25)13-27/h1,4,8,15H,2-3,5-7,9-14H2,(H,22,23)(H,24,30). The molecule has 9 nitrogen and oxygen atoms in total. The topological polar surface area (TPSA) is 97.9 Å². The molecule has 3 fully saturated rings. The average molecular weight is 412 g/mol. The number of fused-ring (bicyclic) bond motifs is 2. The van der Waals surface area contributed by atoms with Gasteiger partial charge in [-0.2, -0.15) is 0 Å². The molecule has 2 N–H and O–H groups in total. The van der Waals surface area contributed by atoms with E-state index < -0.39 is 5.66 Å². The van der Waals surface area contributed by atoms with Gasteiger partial charge in [-0.05, 0) is 37.9 Å². The number of nitrogens with one attached hydrogen (secondary N) is 2. The largest absolute Gasteiger partial charge is 0.347 e. The zero-order valence-electron chi connectivity index (χ0n) is 17.1. The number of anilines is 1. The first-order valence-corrected chi connectivity index (χ1v) is 10.9. The SMILES string of the molecule is O=C1NC2(CCC(=O)N(CC(=O)N3CCN4CCCC4C3)CC2)Nc2ncccc21. The first-order valence-electron chi connectivity index (χ1n) is 10.9. The lowest BCUT2D eigenvalue weighted by atomic mass is 9.97. The van der Waals surface area contributed by atoms with Crippen molar-refractivity contribution in [2.24, 2.45) is 0 Å². The summed E-state index contributed by atoms with van der Waals surface area (Å²) in [7, 11) is 0. The minimum atomic E-state index is -0.707. The summed E-state index contributed by atoms with van der Waals surface area (Å²) in [6.45, 7) is 4.10.